The van der Waals surface area contributed by atoms with Crippen molar-refractivity contribution in [2.24, 2.45) is 5.41 Å². The SMILES string of the molecule is CC(C)N1CCCC2(CCCNC2)C1=O.Cl. The van der Waals surface area contributed by atoms with Gasteiger partial charge in [0.05, 0.1) is 5.41 Å². The first-order valence-electron chi connectivity index (χ1n) is 6.17. The molecule has 0 aromatic rings. The lowest BCUT2D eigenvalue weighted by Gasteiger charge is -2.45. The lowest BCUT2D eigenvalue weighted by Crippen LogP contribution is -2.56. The lowest BCUT2D eigenvalue weighted by atomic mass is 9.73. The quantitative estimate of drug-likeness (QED) is 0.766. The summed E-state index contributed by atoms with van der Waals surface area (Å²) in [5.74, 6) is 0.399. The second-order valence-corrected chi connectivity index (χ2v) is 5.26. The summed E-state index contributed by atoms with van der Waals surface area (Å²) < 4.78 is 0. The minimum Gasteiger partial charge on any atom is -0.340 e. The minimum absolute atomic E-state index is 0. The van der Waals surface area contributed by atoms with E-state index in [-0.39, 0.29) is 17.8 Å². The largest absolute Gasteiger partial charge is 0.340 e. The van der Waals surface area contributed by atoms with Crippen LogP contribution < -0.4 is 5.32 Å². The first-order chi connectivity index (χ1) is 7.16. The first-order valence-corrected chi connectivity index (χ1v) is 6.17. The third kappa shape index (κ3) is 2.35. The third-order valence-electron chi connectivity index (χ3n) is 3.86. The van der Waals surface area contributed by atoms with Gasteiger partial charge in [0.25, 0.3) is 0 Å². The molecule has 2 aliphatic rings. The molecule has 1 N–H and O–H groups in total. The highest BCUT2D eigenvalue weighted by molar-refractivity contribution is 5.85. The maximum Gasteiger partial charge on any atom is 0.230 e. The Bertz CT molecular complexity index is 244. The number of nitrogens with one attached hydrogen (secondary N) is 1. The molecule has 2 fully saturated rings. The van der Waals surface area contributed by atoms with Crippen LogP contribution in [-0.2, 0) is 4.79 Å². The van der Waals surface area contributed by atoms with E-state index in [1.54, 1.807) is 0 Å². The number of hydrogen-bond acceptors (Lipinski definition) is 2. The van der Waals surface area contributed by atoms with Gasteiger partial charge in [0.15, 0.2) is 0 Å². The summed E-state index contributed by atoms with van der Waals surface area (Å²) in [7, 11) is 0. The van der Waals surface area contributed by atoms with Crippen LogP contribution in [0, 0.1) is 5.41 Å². The van der Waals surface area contributed by atoms with E-state index < -0.39 is 0 Å². The number of carbonyl (C=O) groups excluding carboxylic acids is 1. The van der Waals surface area contributed by atoms with Crippen LogP contribution in [0.25, 0.3) is 0 Å². The number of halogens is 1. The molecule has 0 aromatic heterocycles. The van der Waals surface area contributed by atoms with E-state index in [0.29, 0.717) is 11.9 Å². The smallest absolute Gasteiger partial charge is 0.230 e. The van der Waals surface area contributed by atoms with Crippen LogP contribution in [-0.4, -0.2) is 36.5 Å². The monoisotopic (exact) mass is 246 g/mol. The molecule has 0 aliphatic carbocycles. The molecule has 16 heavy (non-hydrogen) atoms. The lowest BCUT2D eigenvalue weighted by molar-refractivity contribution is -0.149. The van der Waals surface area contributed by atoms with Gasteiger partial charge in [-0.05, 0) is 46.1 Å². The average molecular weight is 247 g/mol. The van der Waals surface area contributed by atoms with E-state index in [0.717, 1.165) is 38.9 Å². The van der Waals surface area contributed by atoms with Gasteiger partial charge < -0.3 is 10.2 Å². The Labute approximate surface area is 104 Å². The highest BCUT2D eigenvalue weighted by atomic mass is 35.5. The number of carbonyl (C=O) groups is 1. The molecule has 1 unspecified atom stereocenters. The molecule has 3 nitrogen and oxygen atoms in total. The Balaban J connectivity index is 0.00000128. The number of nitrogens with zero attached hydrogens (tertiary/aromatic N) is 1. The van der Waals surface area contributed by atoms with Gasteiger partial charge in [-0.25, -0.2) is 0 Å². The zero-order valence-corrected chi connectivity index (χ0v) is 11.1. The summed E-state index contributed by atoms with van der Waals surface area (Å²) >= 11 is 0. The minimum atomic E-state index is -0.0548. The molecule has 2 rings (SSSR count). The Morgan fingerprint density at radius 2 is 2.00 bits per heavy atom. The molecule has 0 saturated carbocycles. The maximum atomic E-state index is 12.4. The molecule has 1 amide bonds. The van der Waals surface area contributed by atoms with Crippen molar-refractivity contribution >= 4 is 18.3 Å². The molecule has 0 aromatic carbocycles. The molecular weight excluding hydrogens is 224 g/mol. The molecule has 1 spiro atoms. The van der Waals surface area contributed by atoms with Crippen LogP contribution in [0.3, 0.4) is 0 Å². The van der Waals surface area contributed by atoms with Crippen molar-refractivity contribution in [3.63, 3.8) is 0 Å². The molecule has 1 atom stereocenters. The number of hydrogen-bond donors (Lipinski definition) is 1. The zero-order chi connectivity index (χ0) is 10.9. The molecule has 0 bridgehead atoms. The molecule has 2 heterocycles. The van der Waals surface area contributed by atoms with Crippen LogP contribution in [0.2, 0.25) is 0 Å². The van der Waals surface area contributed by atoms with Crippen molar-refractivity contribution in [1.29, 1.82) is 0 Å². The normalized spacial score (nSPS) is 30.7. The van der Waals surface area contributed by atoms with E-state index in [1.807, 2.05) is 0 Å². The highest BCUT2D eigenvalue weighted by Gasteiger charge is 2.44. The van der Waals surface area contributed by atoms with Gasteiger partial charge in [0.1, 0.15) is 0 Å². The summed E-state index contributed by atoms with van der Waals surface area (Å²) in [5, 5.41) is 3.39. The molecule has 2 saturated heterocycles. The van der Waals surface area contributed by atoms with E-state index in [9.17, 15) is 4.79 Å². The van der Waals surface area contributed by atoms with Crippen LogP contribution in [0.5, 0.6) is 0 Å². The second kappa shape index (κ2) is 5.37. The van der Waals surface area contributed by atoms with Crippen molar-refractivity contribution in [3.05, 3.63) is 0 Å². The predicted octanol–water partition coefficient (Wildman–Crippen LogP) is 1.81. The maximum absolute atomic E-state index is 12.4. The Hall–Kier alpha value is -0.280. The summed E-state index contributed by atoms with van der Waals surface area (Å²) in [5.41, 5.74) is -0.0548. The van der Waals surface area contributed by atoms with Crippen LogP contribution in [0.4, 0.5) is 0 Å². The van der Waals surface area contributed by atoms with Crippen LogP contribution in [0.1, 0.15) is 39.5 Å². The van der Waals surface area contributed by atoms with Crippen molar-refractivity contribution in [2.45, 2.75) is 45.6 Å². The predicted molar refractivity (Wildman–Crippen MR) is 67.9 cm³/mol. The fourth-order valence-electron chi connectivity index (χ4n) is 2.96. The number of amides is 1. The summed E-state index contributed by atoms with van der Waals surface area (Å²) in [4.78, 5) is 14.5. The van der Waals surface area contributed by atoms with Crippen molar-refractivity contribution in [2.75, 3.05) is 19.6 Å². The summed E-state index contributed by atoms with van der Waals surface area (Å²) in [6, 6.07) is 0.358. The number of likely N-dealkylation sites (tertiary alicyclic amines) is 1. The van der Waals surface area contributed by atoms with Gasteiger partial charge in [-0.2, -0.15) is 0 Å². The van der Waals surface area contributed by atoms with Gasteiger partial charge in [-0.1, -0.05) is 0 Å². The fraction of sp³-hybridized carbons (Fsp3) is 0.917. The Kier molecular flexibility index (Phi) is 4.62. The van der Waals surface area contributed by atoms with Crippen molar-refractivity contribution in [3.8, 4) is 0 Å². The third-order valence-corrected chi connectivity index (χ3v) is 3.86. The van der Waals surface area contributed by atoms with Gasteiger partial charge >= 0.3 is 0 Å². The summed E-state index contributed by atoms with van der Waals surface area (Å²) in [6.07, 6.45) is 4.49. The van der Waals surface area contributed by atoms with E-state index in [1.165, 1.54) is 6.42 Å². The van der Waals surface area contributed by atoms with Gasteiger partial charge in [0, 0.05) is 19.1 Å². The van der Waals surface area contributed by atoms with Crippen molar-refractivity contribution in [1.82, 2.24) is 10.2 Å². The average Bonchev–Trinajstić information content (AvgIpc) is 2.23. The first kappa shape index (κ1) is 13.8. The summed E-state index contributed by atoms with van der Waals surface area (Å²) in [6.45, 7) is 7.17. The highest BCUT2D eigenvalue weighted by Crippen LogP contribution is 2.37. The Morgan fingerprint density at radius 1 is 1.31 bits per heavy atom. The fourth-order valence-corrected chi connectivity index (χ4v) is 2.96. The van der Waals surface area contributed by atoms with E-state index in [4.69, 9.17) is 0 Å². The van der Waals surface area contributed by atoms with Crippen LogP contribution >= 0.6 is 12.4 Å². The van der Waals surface area contributed by atoms with Gasteiger partial charge in [-0.3, -0.25) is 4.79 Å². The van der Waals surface area contributed by atoms with E-state index >= 15 is 0 Å². The van der Waals surface area contributed by atoms with Crippen molar-refractivity contribution < 1.29 is 4.79 Å². The van der Waals surface area contributed by atoms with E-state index in [2.05, 4.69) is 24.1 Å². The second-order valence-electron chi connectivity index (χ2n) is 5.26. The van der Waals surface area contributed by atoms with Crippen LogP contribution in [0.15, 0.2) is 0 Å². The molecule has 4 heteroatoms. The van der Waals surface area contributed by atoms with Gasteiger partial charge in [0.2, 0.25) is 5.91 Å². The zero-order valence-electron chi connectivity index (χ0n) is 10.3. The molecule has 0 radical (unpaired) electrons. The van der Waals surface area contributed by atoms with Gasteiger partial charge in [-0.15, -0.1) is 12.4 Å². The standard InChI is InChI=1S/C12H22N2O.ClH/c1-10(2)14-8-4-6-12(11(14)15)5-3-7-13-9-12;/h10,13H,3-9H2,1-2H3;1H. The molecule has 94 valence electrons. The Morgan fingerprint density at radius 3 is 2.56 bits per heavy atom. The topological polar surface area (TPSA) is 32.3 Å². The molecular formula is C12H23ClN2O. The molecule has 2 aliphatic heterocycles. The number of piperidine rings is 2. The number of rotatable bonds is 1.